The Hall–Kier alpha value is -9.52. The molecule has 0 N–H and O–H groups in total. The molecule has 4 aromatic heterocycles. The molecule has 10 aromatic carbocycles. The van der Waals surface area contributed by atoms with E-state index >= 15 is 0 Å². The van der Waals surface area contributed by atoms with Gasteiger partial charge in [-0.3, -0.25) is 4.98 Å². The molecule has 0 amide bonds. The first kappa shape index (κ1) is 39.6. The molecular formula is C64H40N6. The summed E-state index contributed by atoms with van der Waals surface area (Å²) >= 11 is 0. The van der Waals surface area contributed by atoms with E-state index in [9.17, 15) is 0 Å². The lowest BCUT2D eigenvalue weighted by Gasteiger charge is -2.12. The molecule has 0 radical (unpaired) electrons. The summed E-state index contributed by atoms with van der Waals surface area (Å²) in [6.07, 6.45) is 1.77. The van der Waals surface area contributed by atoms with Crippen LogP contribution in [-0.2, 0) is 0 Å². The molecule has 70 heavy (non-hydrogen) atoms. The van der Waals surface area contributed by atoms with E-state index in [-0.39, 0.29) is 0 Å². The second-order valence-corrected chi connectivity index (χ2v) is 17.8. The zero-order chi connectivity index (χ0) is 46.1. The van der Waals surface area contributed by atoms with Gasteiger partial charge in [0, 0.05) is 61.0 Å². The van der Waals surface area contributed by atoms with Gasteiger partial charge in [-0.25, -0.2) is 15.0 Å². The second-order valence-electron chi connectivity index (χ2n) is 17.8. The van der Waals surface area contributed by atoms with Crippen molar-refractivity contribution in [1.29, 1.82) is 0 Å². The van der Waals surface area contributed by atoms with E-state index in [2.05, 4.69) is 233 Å². The molecule has 14 aromatic rings. The normalized spacial score (nSPS) is 11.7. The van der Waals surface area contributed by atoms with Crippen molar-refractivity contribution < 1.29 is 0 Å². The average Bonchev–Trinajstić information content (AvgIpc) is 3.97. The van der Waals surface area contributed by atoms with Crippen LogP contribution in [0.4, 0.5) is 0 Å². The minimum Gasteiger partial charge on any atom is -0.309 e. The van der Waals surface area contributed by atoms with Crippen molar-refractivity contribution in [3.8, 4) is 67.9 Å². The molecule has 0 fully saturated rings. The first-order chi connectivity index (χ1) is 34.7. The maximum absolute atomic E-state index is 5.07. The number of hydrogen-bond acceptors (Lipinski definition) is 4. The lowest BCUT2D eigenvalue weighted by molar-refractivity contribution is 1.06. The van der Waals surface area contributed by atoms with Gasteiger partial charge in [0.05, 0.1) is 22.1 Å². The van der Waals surface area contributed by atoms with Gasteiger partial charge in [0.15, 0.2) is 17.5 Å². The predicted molar refractivity (Wildman–Crippen MR) is 288 cm³/mol. The van der Waals surface area contributed by atoms with Crippen LogP contribution in [0.2, 0.25) is 0 Å². The van der Waals surface area contributed by atoms with Gasteiger partial charge in [-0.15, -0.1) is 0 Å². The van der Waals surface area contributed by atoms with Crippen molar-refractivity contribution in [3.63, 3.8) is 0 Å². The molecule has 0 spiro atoms. The third-order valence-electron chi connectivity index (χ3n) is 13.9. The molecule has 0 bridgehead atoms. The molecule has 6 nitrogen and oxygen atoms in total. The fraction of sp³-hybridized carbons (Fsp3) is 0. The van der Waals surface area contributed by atoms with Gasteiger partial charge in [0.25, 0.3) is 0 Å². The third-order valence-corrected chi connectivity index (χ3v) is 13.9. The van der Waals surface area contributed by atoms with Gasteiger partial charge in [0.1, 0.15) is 5.69 Å². The van der Waals surface area contributed by atoms with E-state index in [0.29, 0.717) is 23.2 Å². The summed E-state index contributed by atoms with van der Waals surface area (Å²) in [5.41, 5.74) is 14.0. The SMILES string of the molecule is c1ccc(-c2nc(-c3ccc(-c4ccc(-n5c6ccccc6c6ccc7ccccc7c65)cc4)cc3)nc(-c3ccc(-c4ccc(-n5c6ccccc6c6ccc7ccccc7c65)cc4)cc3)n2)nc1. The summed E-state index contributed by atoms with van der Waals surface area (Å²) in [4.78, 5) is 19.6. The molecule has 6 heteroatoms. The quantitative estimate of drug-likeness (QED) is 0.160. The van der Waals surface area contributed by atoms with Crippen LogP contribution in [0.15, 0.2) is 243 Å². The second kappa shape index (κ2) is 16.1. The zero-order valence-electron chi connectivity index (χ0n) is 37.8. The monoisotopic (exact) mass is 892 g/mol. The van der Waals surface area contributed by atoms with Crippen LogP contribution in [-0.4, -0.2) is 29.1 Å². The maximum atomic E-state index is 5.07. The lowest BCUT2D eigenvalue weighted by Crippen LogP contribution is -2.01. The predicted octanol–water partition coefficient (Wildman–Crippen LogP) is 16.1. The highest BCUT2D eigenvalue weighted by molar-refractivity contribution is 6.19. The molecule has 0 aliphatic heterocycles. The Kier molecular flexibility index (Phi) is 9.10. The minimum absolute atomic E-state index is 0.524. The number of fused-ring (bicyclic) bond motifs is 10. The van der Waals surface area contributed by atoms with Gasteiger partial charge in [-0.1, -0.05) is 188 Å². The number of pyridine rings is 1. The minimum atomic E-state index is 0.524. The average molecular weight is 893 g/mol. The van der Waals surface area contributed by atoms with E-state index in [0.717, 1.165) is 44.8 Å². The van der Waals surface area contributed by atoms with Crippen molar-refractivity contribution in [3.05, 3.63) is 243 Å². The van der Waals surface area contributed by atoms with Crippen LogP contribution in [0, 0.1) is 0 Å². The summed E-state index contributed by atoms with van der Waals surface area (Å²) in [6.45, 7) is 0. The molecule has 0 saturated carbocycles. The Morgan fingerprint density at radius 2 is 0.629 bits per heavy atom. The van der Waals surface area contributed by atoms with Crippen molar-refractivity contribution in [2.24, 2.45) is 0 Å². The Bertz CT molecular complexity index is 4050. The molecule has 0 aliphatic carbocycles. The van der Waals surface area contributed by atoms with E-state index in [4.69, 9.17) is 15.0 Å². The Labute approximate surface area is 403 Å². The van der Waals surface area contributed by atoms with Crippen LogP contribution in [0.25, 0.3) is 133 Å². The zero-order valence-corrected chi connectivity index (χ0v) is 37.8. The first-order valence-corrected chi connectivity index (χ1v) is 23.6. The number of aromatic nitrogens is 6. The topological polar surface area (TPSA) is 61.4 Å². The van der Waals surface area contributed by atoms with Crippen LogP contribution in [0.5, 0.6) is 0 Å². The van der Waals surface area contributed by atoms with Crippen molar-refractivity contribution >= 4 is 65.2 Å². The molecule has 326 valence electrons. The van der Waals surface area contributed by atoms with E-state index in [1.807, 2.05) is 18.2 Å². The van der Waals surface area contributed by atoms with E-state index in [1.165, 1.54) is 65.2 Å². The highest BCUT2D eigenvalue weighted by Gasteiger charge is 2.18. The smallest absolute Gasteiger partial charge is 0.182 e. The van der Waals surface area contributed by atoms with Crippen molar-refractivity contribution in [2.75, 3.05) is 0 Å². The van der Waals surface area contributed by atoms with E-state index in [1.54, 1.807) is 6.20 Å². The fourth-order valence-corrected chi connectivity index (χ4v) is 10.5. The molecule has 4 heterocycles. The Morgan fingerprint density at radius 3 is 1.07 bits per heavy atom. The summed E-state index contributed by atoms with van der Waals surface area (Å²) in [5.74, 6) is 1.70. The molecular weight excluding hydrogens is 853 g/mol. The van der Waals surface area contributed by atoms with Crippen LogP contribution < -0.4 is 0 Å². The maximum Gasteiger partial charge on any atom is 0.182 e. The fourth-order valence-electron chi connectivity index (χ4n) is 10.5. The van der Waals surface area contributed by atoms with Gasteiger partial charge >= 0.3 is 0 Å². The third kappa shape index (κ3) is 6.49. The summed E-state index contributed by atoms with van der Waals surface area (Å²) < 4.78 is 4.80. The van der Waals surface area contributed by atoms with Crippen molar-refractivity contribution in [1.82, 2.24) is 29.1 Å². The number of benzene rings is 10. The van der Waals surface area contributed by atoms with E-state index < -0.39 is 0 Å². The first-order valence-electron chi connectivity index (χ1n) is 23.6. The highest BCUT2D eigenvalue weighted by Crippen LogP contribution is 2.39. The molecule has 14 rings (SSSR count). The molecule has 0 unspecified atom stereocenters. The largest absolute Gasteiger partial charge is 0.309 e. The summed E-state index contributed by atoms with van der Waals surface area (Å²) in [7, 11) is 0. The Balaban J connectivity index is 0.775. The van der Waals surface area contributed by atoms with Gasteiger partial charge < -0.3 is 9.13 Å². The standard InChI is InChI=1S/C64H40N6/c1-3-13-51-45(11-1)32-38-55-53-15-5-7-18-58(53)69(60(51)55)49-34-28-43(29-35-49)41-20-24-47(25-21-41)62-66-63(68-64(67-62)57-17-9-10-40-65-57)48-26-22-42(23-27-48)44-30-36-50(37-31-44)70-59-19-8-6-16-54(59)56-39-33-46-12-2-4-14-52(46)61(56)70/h1-40H. The highest BCUT2D eigenvalue weighted by atomic mass is 15.0. The van der Waals surface area contributed by atoms with Crippen LogP contribution in [0.1, 0.15) is 0 Å². The number of para-hydroxylation sites is 2. The van der Waals surface area contributed by atoms with Gasteiger partial charge in [0.2, 0.25) is 0 Å². The number of nitrogens with zero attached hydrogens (tertiary/aromatic N) is 6. The van der Waals surface area contributed by atoms with Crippen LogP contribution in [0.3, 0.4) is 0 Å². The lowest BCUT2D eigenvalue weighted by atomic mass is 10.0. The molecule has 0 saturated heterocycles. The van der Waals surface area contributed by atoms with Crippen LogP contribution >= 0.6 is 0 Å². The number of rotatable bonds is 7. The van der Waals surface area contributed by atoms with Gasteiger partial charge in [-0.05, 0) is 81.6 Å². The van der Waals surface area contributed by atoms with Crippen molar-refractivity contribution in [2.45, 2.75) is 0 Å². The Morgan fingerprint density at radius 1 is 0.257 bits per heavy atom. The molecule has 0 aliphatic rings. The molecule has 0 atom stereocenters. The van der Waals surface area contributed by atoms with Gasteiger partial charge in [-0.2, -0.15) is 0 Å². The number of hydrogen-bond donors (Lipinski definition) is 0. The summed E-state index contributed by atoms with van der Waals surface area (Å²) in [6, 6.07) is 84.1. The summed E-state index contributed by atoms with van der Waals surface area (Å²) in [5, 5.41) is 9.96.